The summed E-state index contributed by atoms with van der Waals surface area (Å²) < 4.78 is 41.1. The molecule has 0 aliphatic heterocycles. The maximum Gasteiger partial charge on any atom is 0.373 e. The zero-order valence-electron chi connectivity index (χ0n) is 14.4. The SMILES string of the molecule is COC(=O)c1ccc(COC(=O)CCNS(=O)(=O)c2ccc(C)cc2)o1. The Morgan fingerprint density at radius 2 is 1.81 bits per heavy atom. The number of furan rings is 1. The minimum absolute atomic E-state index is 0.00408. The van der Waals surface area contributed by atoms with Gasteiger partial charge in [-0.2, -0.15) is 0 Å². The molecule has 0 saturated heterocycles. The van der Waals surface area contributed by atoms with Gasteiger partial charge >= 0.3 is 11.9 Å². The third-order valence-corrected chi connectivity index (χ3v) is 4.85. The van der Waals surface area contributed by atoms with Crippen molar-refractivity contribution in [2.45, 2.75) is 24.8 Å². The zero-order valence-corrected chi connectivity index (χ0v) is 15.2. The molecule has 0 bridgehead atoms. The summed E-state index contributed by atoms with van der Waals surface area (Å²) in [5, 5.41) is 0. The molecule has 1 aromatic carbocycles. The quantitative estimate of drug-likeness (QED) is 0.694. The lowest BCUT2D eigenvalue weighted by Crippen LogP contribution is -2.26. The lowest BCUT2D eigenvalue weighted by atomic mass is 10.2. The van der Waals surface area contributed by atoms with Gasteiger partial charge in [0.15, 0.2) is 0 Å². The Hall–Kier alpha value is -2.65. The summed E-state index contributed by atoms with van der Waals surface area (Å²) in [5.74, 6) is -0.955. The largest absolute Gasteiger partial charge is 0.463 e. The summed E-state index contributed by atoms with van der Waals surface area (Å²) in [6, 6.07) is 9.26. The third-order valence-electron chi connectivity index (χ3n) is 3.38. The highest BCUT2D eigenvalue weighted by Crippen LogP contribution is 2.11. The van der Waals surface area contributed by atoms with Crippen molar-refractivity contribution in [3.8, 4) is 0 Å². The van der Waals surface area contributed by atoms with Crippen LogP contribution in [0.2, 0.25) is 0 Å². The molecule has 2 rings (SSSR count). The van der Waals surface area contributed by atoms with E-state index in [-0.39, 0.29) is 36.0 Å². The molecule has 2 aromatic rings. The van der Waals surface area contributed by atoms with Crippen LogP contribution in [0.1, 0.15) is 28.3 Å². The van der Waals surface area contributed by atoms with Crippen molar-refractivity contribution in [1.82, 2.24) is 4.72 Å². The molecule has 0 radical (unpaired) electrons. The molecule has 0 spiro atoms. The Morgan fingerprint density at radius 1 is 1.12 bits per heavy atom. The molecule has 0 fully saturated rings. The number of carbonyl (C=O) groups excluding carboxylic acids is 2. The van der Waals surface area contributed by atoms with E-state index in [9.17, 15) is 18.0 Å². The molecule has 26 heavy (non-hydrogen) atoms. The van der Waals surface area contributed by atoms with Crippen molar-refractivity contribution in [1.29, 1.82) is 0 Å². The first kappa shape index (κ1) is 19.7. The van der Waals surface area contributed by atoms with Gasteiger partial charge in [-0.3, -0.25) is 4.79 Å². The zero-order chi connectivity index (χ0) is 19.2. The second kappa shape index (κ2) is 8.63. The number of methoxy groups -OCH3 is 1. The normalized spacial score (nSPS) is 11.2. The van der Waals surface area contributed by atoms with E-state index in [1.807, 2.05) is 6.92 Å². The summed E-state index contributed by atoms with van der Waals surface area (Å²) in [7, 11) is -2.45. The maximum absolute atomic E-state index is 12.1. The number of ether oxygens (including phenoxy) is 2. The van der Waals surface area contributed by atoms with Gasteiger partial charge < -0.3 is 13.9 Å². The molecular weight excluding hydrogens is 362 g/mol. The van der Waals surface area contributed by atoms with Gasteiger partial charge in [0.1, 0.15) is 12.4 Å². The average molecular weight is 381 g/mol. The molecule has 0 aliphatic carbocycles. The predicted molar refractivity (Wildman–Crippen MR) is 90.8 cm³/mol. The molecular formula is C17H19NO7S. The number of carbonyl (C=O) groups is 2. The minimum Gasteiger partial charge on any atom is -0.463 e. The minimum atomic E-state index is -3.68. The molecule has 1 N–H and O–H groups in total. The van der Waals surface area contributed by atoms with Gasteiger partial charge in [0.2, 0.25) is 15.8 Å². The van der Waals surface area contributed by atoms with Crippen LogP contribution >= 0.6 is 0 Å². The molecule has 0 atom stereocenters. The van der Waals surface area contributed by atoms with Gasteiger partial charge in [0, 0.05) is 6.54 Å². The van der Waals surface area contributed by atoms with Crippen LogP contribution < -0.4 is 4.72 Å². The van der Waals surface area contributed by atoms with Gasteiger partial charge in [-0.25, -0.2) is 17.9 Å². The Morgan fingerprint density at radius 3 is 2.46 bits per heavy atom. The van der Waals surface area contributed by atoms with E-state index in [1.165, 1.54) is 31.4 Å². The van der Waals surface area contributed by atoms with Gasteiger partial charge in [-0.15, -0.1) is 0 Å². The first-order valence-electron chi connectivity index (χ1n) is 7.71. The van der Waals surface area contributed by atoms with Gasteiger partial charge in [-0.05, 0) is 31.2 Å². The predicted octanol–water partition coefficient (Wildman–Crippen LogP) is 1.79. The molecule has 8 nitrogen and oxygen atoms in total. The summed E-state index contributed by atoms with van der Waals surface area (Å²) in [6.45, 7) is 1.59. The number of benzene rings is 1. The topological polar surface area (TPSA) is 112 Å². The van der Waals surface area contributed by atoms with Crippen LogP contribution in [0, 0.1) is 6.92 Å². The van der Waals surface area contributed by atoms with E-state index in [2.05, 4.69) is 9.46 Å². The standard InChI is InChI=1S/C17H19NO7S/c1-12-3-6-14(7-4-12)26(21,22)18-10-9-16(19)24-11-13-5-8-15(25-13)17(20)23-2/h3-8,18H,9-11H2,1-2H3. The summed E-state index contributed by atoms with van der Waals surface area (Å²) in [6.07, 6.45) is -0.143. The van der Waals surface area contributed by atoms with Crippen molar-refractivity contribution >= 4 is 22.0 Å². The fraction of sp³-hybridized carbons (Fsp3) is 0.294. The van der Waals surface area contributed by atoms with Crippen LogP contribution in [-0.4, -0.2) is 34.0 Å². The first-order valence-corrected chi connectivity index (χ1v) is 9.19. The van der Waals surface area contributed by atoms with E-state index >= 15 is 0 Å². The molecule has 1 aromatic heterocycles. The van der Waals surface area contributed by atoms with E-state index in [1.54, 1.807) is 12.1 Å². The molecule has 140 valence electrons. The van der Waals surface area contributed by atoms with Crippen LogP contribution in [0.5, 0.6) is 0 Å². The van der Waals surface area contributed by atoms with Gasteiger partial charge in [0.25, 0.3) is 0 Å². The molecule has 0 saturated carbocycles. The van der Waals surface area contributed by atoms with Crippen molar-refractivity contribution < 1.29 is 31.9 Å². The summed E-state index contributed by atoms with van der Waals surface area (Å²) >= 11 is 0. The smallest absolute Gasteiger partial charge is 0.373 e. The van der Waals surface area contributed by atoms with Crippen molar-refractivity contribution in [2.24, 2.45) is 0 Å². The van der Waals surface area contributed by atoms with Gasteiger partial charge in [-0.1, -0.05) is 17.7 Å². The van der Waals surface area contributed by atoms with E-state index < -0.39 is 22.0 Å². The van der Waals surface area contributed by atoms with Crippen LogP contribution in [-0.2, 0) is 30.9 Å². The fourth-order valence-corrected chi connectivity index (χ4v) is 3.01. The number of hydrogen-bond donors (Lipinski definition) is 1. The van der Waals surface area contributed by atoms with Crippen molar-refractivity contribution in [3.63, 3.8) is 0 Å². The Bertz CT molecular complexity index is 869. The first-order chi connectivity index (χ1) is 12.3. The second-order valence-electron chi connectivity index (χ2n) is 5.38. The average Bonchev–Trinajstić information content (AvgIpc) is 3.08. The molecule has 9 heteroatoms. The van der Waals surface area contributed by atoms with E-state index in [4.69, 9.17) is 9.15 Å². The highest BCUT2D eigenvalue weighted by molar-refractivity contribution is 7.89. The van der Waals surface area contributed by atoms with Crippen LogP contribution in [0.25, 0.3) is 0 Å². The van der Waals surface area contributed by atoms with Crippen molar-refractivity contribution in [2.75, 3.05) is 13.7 Å². The Labute approximate surface area is 151 Å². The highest BCUT2D eigenvalue weighted by Gasteiger charge is 2.15. The Balaban J connectivity index is 1.77. The van der Waals surface area contributed by atoms with E-state index in [0.29, 0.717) is 0 Å². The molecule has 0 unspecified atom stereocenters. The molecule has 0 amide bonds. The van der Waals surface area contributed by atoms with Gasteiger partial charge in [0.05, 0.1) is 18.4 Å². The number of rotatable bonds is 8. The maximum atomic E-state index is 12.1. The molecule has 0 aliphatic rings. The van der Waals surface area contributed by atoms with Crippen molar-refractivity contribution in [3.05, 3.63) is 53.5 Å². The number of nitrogens with one attached hydrogen (secondary N) is 1. The Kier molecular flexibility index (Phi) is 6.53. The number of hydrogen-bond acceptors (Lipinski definition) is 7. The molecule has 1 heterocycles. The fourth-order valence-electron chi connectivity index (χ4n) is 1.98. The number of esters is 2. The van der Waals surface area contributed by atoms with Crippen LogP contribution in [0.3, 0.4) is 0 Å². The monoisotopic (exact) mass is 381 g/mol. The highest BCUT2D eigenvalue weighted by atomic mass is 32.2. The third kappa shape index (κ3) is 5.43. The number of sulfonamides is 1. The van der Waals surface area contributed by atoms with Crippen LogP contribution in [0.4, 0.5) is 0 Å². The summed E-state index contributed by atoms with van der Waals surface area (Å²) in [5.41, 5.74) is 0.945. The number of aryl methyl sites for hydroxylation is 1. The lowest BCUT2D eigenvalue weighted by Gasteiger charge is -2.07. The lowest BCUT2D eigenvalue weighted by molar-refractivity contribution is -0.145. The second-order valence-corrected chi connectivity index (χ2v) is 7.15. The van der Waals surface area contributed by atoms with E-state index in [0.717, 1.165) is 5.56 Å². The summed E-state index contributed by atoms with van der Waals surface area (Å²) in [4.78, 5) is 23.1. The van der Waals surface area contributed by atoms with Crippen LogP contribution in [0.15, 0.2) is 45.7 Å².